The summed E-state index contributed by atoms with van der Waals surface area (Å²) >= 11 is 0. The van der Waals surface area contributed by atoms with Crippen LogP contribution in [0.3, 0.4) is 0 Å². The predicted octanol–water partition coefficient (Wildman–Crippen LogP) is 2.28. The molecule has 2 aromatic carbocycles. The third-order valence-electron chi connectivity index (χ3n) is 3.97. The van der Waals surface area contributed by atoms with Gasteiger partial charge in [-0.25, -0.2) is 13.1 Å². The van der Waals surface area contributed by atoms with Crippen LogP contribution >= 0.6 is 0 Å². The molecule has 2 aromatic rings. The Hall–Kier alpha value is -2.18. The molecule has 0 bridgehead atoms. The van der Waals surface area contributed by atoms with E-state index in [1.54, 1.807) is 12.1 Å². The molecule has 0 fully saturated rings. The normalized spacial score (nSPS) is 13.7. The molecule has 0 spiro atoms. The number of carbonyl (C=O) groups excluding carboxylic acids is 1. The minimum atomic E-state index is -3.62. The largest absolute Gasteiger partial charge is 0.326 e. The Balaban J connectivity index is 1.81. The summed E-state index contributed by atoms with van der Waals surface area (Å²) in [5.74, 6) is -0.113. The van der Waals surface area contributed by atoms with Gasteiger partial charge in [0.25, 0.3) is 0 Å². The smallest absolute Gasteiger partial charge is 0.240 e. The van der Waals surface area contributed by atoms with E-state index in [1.165, 1.54) is 6.07 Å². The van der Waals surface area contributed by atoms with Crippen LogP contribution < -0.4 is 10.0 Å². The maximum absolute atomic E-state index is 12.5. The molecule has 0 saturated heterocycles. The first-order valence-corrected chi connectivity index (χ1v) is 8.82. The maximum atomic E-state index is 12.5. The van der Waals surface area contributed by atoms with Crippen molar-refractivity contribution in [3.8, 4) is 0 Å². The summed E-state index contributed by atoms with van der Waals surface area (Å²) in [6.45, 7) is 4.17. The molecule has 0 radical (unpaired) electrons. The van der Waals surface area contributed by atoms with Crippen LogP contribution in [0.25, 0.3) is 0 Å². The Morgan fingerprint density at radius 2 is 1.91 bits per heavy atom. The van der Waals surface area contributed by atoms with Gasteiger partial charge in [0.15, 0.2) is 0 Å². The van der Waals surface area contributed by atoms with Crippen LogP contribution in [-0.2, 0) is 27.8 Å². The molecule has 120 valence electrons. The van der Waals surface area contributed by atoms with E-state index in [-0.39, 0.29) is 23.8 Å². The average molecular weight is 330 g/mol. The quantitative estimate of drug-likeness (QED) is 0.903. The second-order valence-corrected chi connectivity index (χ2v) is 7.57. The van der Waals surface area contributed by atoms with Gasteiger partial charge in [-0.2, -0.15) is 0 Å². The van der Waals surface area contributed by atoms with Crippen molar-refractivity contribution >= 4 is 21.6 Å². The van der Waals surface area contributed by atoms with Gasteiger partial charge in [0.2, 0.25) is 15.9 Å². The lowest BCUT2D eigenvalue weighted by atomic mass is 10.1. The number of amides is 1. The standard InChI is InChI=1S/C17H18N2O3S/c1-11-3-4-12(2)14(7-11)10-18-23(21,22)15-5-6-16-13(8-15)9-17(20)19-16/h3-8,18H,9-10H2,1-2H3,(H,19,20). The summed E-state index contributed by atoms with van der Waals surface area (Å²) in [6.07, 6.45) is 0.218. The monoisotopic (exact) mass is 330 g/mol. The molecule has 6 heteroatoms. The van der Waals surface area contributed by atoms with Crippen molar-refractivity contribution in [1.29, 1.82) is 0 Å². The van der Waals surface area contributed by atoms with Crippen molar-refractivity contribution in [3.63, 3.8) is 0 Å². The van der Waals surface area contributed by atoms with Gasteiger partial charge in [0, 0.05) is 12.2 Å². The molecular formula is C17H18N2O3S. The Bertz CT molecular complexity index is 889. The number of fused-ring (bicyclic) bond motifs is 1. The van der Waals surface area contributed by atoms with Gasteiger partial charge >= 0.3 is 0 Å². The first kappa shape index (κ1) is 15.7. The van der Waals surface area contributed by atoms with E-state index in [0.717, 1.165) is 16.7 Å². The van der Waals surface area contributed by atoms with E-state index in [1.807, 2.05) is 32.0 Å². The molecule has 1 aliphatic heterocycles. The molecule has 1 aliphatic rings. The molecule has 0 aromatic heterocycles. The predicted molar refractivity (Wildman–Crippen MR) is 88.7 cm³/mol. The van der Waals surface area contributed by atoms with Crippen molar-refractivity contribution in [3.05, 3.63) is 58.7 Å². The number of rotatable bonds is 4. The topological polar surface area (TPSA) is 75.3 Å². The molecular weight excluding hydrogens is 312 g/mol. The van der Waals surface area contributed by atoms with Gasteiger partial charge < -0.3 is 5.32 Å². The molecule has 1 amide bonds. The Labute approximate surface area is 135 Å². The van der Waals surface area contributed by atoms with E-state index in [0.29, 0.717) is 11.3 Å². The molecule has 0 aliphatic carbocycles. The number of benzene rings is 2. The van der Waals surface area contributed by atoms with E-state index in [4.69, 9.17) is 0 Å². The van der Waals surface area contributed by atoms with Crippen LogP contribution in [0.5, 0.6) is 0 Å². The third kappa shape index (κ3) is 3.28. The van der Waals surface area contributed by atoms with Crippen LogP contribution in [0.15, 0.2) is 41.3 Å². The van der Waals surface area contributed by atoms with Crippen LogP contribution in [0.4, 0.5) is 5.69 Å². The summed E-state index contributed by atoms with van der Waals surface area (Å²) in [7, 11) is -3.62. The minimum Gasteiger partial charge on any atom is -0.326 e. The summed E-state index contributed by atoms with van der Waals surface area (Å²) in [5.41, 5.74) is 4.48. The summed E-state index contributed by atoms with van der Waals surface area (Å²) in [5, 5.41) is 2.69. The Morgan fingerprint density at radius 3 is 2.70 bits per heavy atom. The minimum absolute atomic E-state index is 0.113. The highest BCUT2D eigenvalue weighted by Crippen LogP contribution is 2.25. The summed E-state index contributed by atoms with van der Waals surface area (Å²) in [4.78, 5) is 11.5. The average Bonchev–Trinajstić information content (AvgIpc) is 2.87. The van der Waals surface area contributed by atoms with Gasteiger partial charge in [-0.3, -0.25) is 4.79 Å². The number of anilines is 1. The SMILES string of the molecule is Cc1ccc(C)c(CNS(=O)(=O)c2ccc3c(c2)CC(=O)N3)c1. The third-order valence-corrected chi connectivity index (χ3v) is 5.37. The lowest BCUT2D eigenvalue weighted by Crippen LogP contribution is -2.23. The fourth-order valence-electron chi connectivity index (χ4n) is 2.62. The maximum Gasteiger partial charge on any atom is 0.240 e. The van der Waals surface area contributed by atoms with Gasteiger partial charge in [-0.15, -0.1) is 0 Å². The Morgan fingerprint density at radius 1 is 1.13 bits per heavy atom. The van der Waals surface area contributed by atoms with Gasteiger partial charge in [0.1, 0.15) is 0 Å². The number of sulfonamides is 1. The van der Waals surface area contributed by atoms with Crippen LogP contribution in [0.1, 0.15) is 22.3 Å². The number of hydrogen-bond acceptors (Lipinski definition) is 3. The number of hydrogen-bond donors (Lipinski definition) is 2. The van der Waals surface area contributed by atoms with Crippen LogP contribution in [0, 0.1) is 13.8 Å². The van der Waals surface area contributed by atoms with E-state index < -0.39 is 10.0 Å². The highest BCUT2D eigenvalue weighted by molar-refractivity contribution is 7.89. The molecule has 23 heavy (non-hydrogen) atoms. The van der Waals surface area contributed by atoms with E-state index >= 15 is 0 Å². The van der Waals surface area contributed by atoms with Crippen molar-refractivity contribution < 1.29 is 13.2 Å². The first-order chi connectivity index (χ1) is 10.8. The van der Waals surface area contributed by atoms with Crippen LogP contribution in [-0.4, -0.2) is 14.3 Å². The Kier molecular flexibility index (Phi) is 3.95. The highest BCUT2D eigenvalue weighted by Gasteiger charge is 2.21. The number of carbonyl (C=O) groups is 1. The van der Waals surface area contributed by atoms with Gasteiger partial charge in [0.05, 0.1) is 11.3 Å². The fraction of sp³-hybridized carbons (Fsp3) is 0.235. The molecule has 1 heterocycles. The van der Waals surface area contributed by atoms with Crippen molar-refractivity contribution in [2.45, 2.75) is 31.7 Å². The lowest BCUT2D eigenvalue weighted by molar-refractivity contribution is -0.115. The van der Waals surface area contributed by atoms with E-state index in [2.05, 4.69) is 10.0 Å². The number of nitrogens with one attached hydrogen (secondary N) is 2. The van der Waals surface area contributed by atoms with Crippen molar-refractivity contribution in [2.75, 3.05) is 5.32 Å². The zero-order valence-corrected chi connectivity index (χ0v) is 13.8. The van der Waals surface area contributed by atoms with Gasteiger partial charge in [-0.05, 0) is 48.7 Å². The molecule has 0 atom stereocenters. The van der Waals surface area contributed by atoms with Crippen molar-refractivity contribution in [2.24, 2.45) is 0 Å². The second kappa shape index (κ2) is 5.79. The first-order valence-electron chi connectivity index (χ1n) is 7.34. The summed E-state index contributed by atoms with van der Waals surface area (Å²) in [6, 6.07) is 10.6. The molecule has 5 nitrogen and oxygen atoms in total. The molecule has 2 N–H and O–H groups in total. The van der Waals surface area contributed by atoms with Crippen LogP contribution in [0.2, 0.25) is 0 Å². The lowest BCUT2D eigenvalue weighted by Gasteiger charge is -2.10. The van der Waals surface area contributed by atoms with Gasteiger partial charge in [-0.1, -0.05) is 23.8 Å². The zero-order valence-electron chi connectivity index (χ0n) is 13.0. The zero-order chi connectivity index (χ0) is 16.6. The fourth-order valence-corrected chi connectivity index (χ4v) is 3.68. The summed E-state index contributed by atoms with van der Waals surface area (Å²) < 4.78 is 27.6. The second-order valence-electron chi connectivity index (χ2n) is 5.80. The molecule has 0 unspecified atom stereocenters. The highest BCUT2D eigenvalue weighted by atomic mass is 32.2. The van der Waals surface area contributed by atoms with Crippen molar-refractivity contribution in [1.82, 2.24) is 4.72 Å². The molecule has 3 rings (SSSR count). The number of aryl methyl sites for hydroxylation is 2. The van der Waals surface area contributed by atoms with E-state index in [9.17, 15) is 13.2 Å². The molecule has 0 saturated carbocycles.